The van der Waals surface area contributed by atoms with Gasteiger partial charge in [-0.1, -0.05) is 85.6 Å². The highest BCUT2D eigenvalue weighted by Gasteiger charge is 2.26. The van der Waals surface area contributed by atoms with E-state index in [9.17, 15) is 4.79 Å². The van der Waals surface area contributed by atoms with E-state index in [1.807, 2.05) is 97.1 Å². The van der Waals surface area contributed by atoms with Crippen LogP contribution in [0, 0.1) is 5.92 Å². The zero-order valence-electron chi connectivity index (χ0n) is 23.5. The molecule has 0 bridgehead atoms. The number of carbonyl (C=O) groups is 1. The van der Waals surface area contributed by atoms with Crippen molar-refractivity contribution in [3.63, 3.8) is 0 Å². The first kappa shape index (κ1) is 33.6. The minimum atomic E-state index is -0.705. The summed E-state index contributed by atoms with van der Waals surface area (Å²) in [5.74, 6) is -0.467. The monoisotopic (exact) mass is 576 g/mol. The van der Waals surface area contributed by atoms with Gasteiger partial charge < -0.3 is 21.3 Å². The van der Waals surface area contributed by atoms with Gasteiger partial charge in [0.1, 0.15) is 0 Å². The first-order chi connectivity index (χ1) is 19.5. The fourth-order valence-corrected chi connectivity index (χ4v) is 4.72. The molecule has 4 aromatic rings. The van der Waals surface area contributed by atoms with Gasteiger partial charge in [-0.2, -0.15) is 0 Å². The number of hydrogen-bond acceptors (Lipinski definition) is 6. The Morgan fingerprint density at radius 1 is 0.780 bits per heavy atom. The fraction of sp³-hybridized carbons (Fsp3) is 0.303. The van der Waals surface area contributed by atoms with Gasteiger partial charge >= 0.3 is 5.97 Å². The first-order valence-corrected chi connectivity index (χ1v) is 13.7. The van der Waals surface area contributed by atoms with Crippen LogP contribution in [0.3, 0.4) is 0 Å². The van der Waals surface area contributed by atoms with Crippen LogP contribution in [-0.2, 0) is 9.53 Å². The highest BCUT2D eigenvalue weighted by Crippen LogP contribution is 2.28. The molecule has 2 aromatic carbocycles. The number of benzene rings is 2. The molecule has 1 unspecified atom stereocenters. The van der Waals surface area contributed by atoms with Gasteiger partial charge in [0, 0.05) is 19.5 Å². The molecule has 0 amide bonds. The quantitative estimate of drug-likeness (QED) is 0.234. The van der Waals surface area contributed by atoms with E-state index in [1.54, 1.807) is 19.5 Å². The average Bonchev–Trinajstić information content (AvgIpc) is 3.02. The lowest BCUT2D eigenvalue weighted by Crippen LogP contribution is -2.28. The normalized spacial score (nSPS) is 17.2. The predicted molar refractivity (Wildman–Crippen MR) is 166 cm³/mol. The second-order valence-electron chi connectivity index (χ2n) is 9.70. The van der Waals surface area contributed by atoms with Crippen molar-refractivity contribution < 1.29 is 14.6 Å². The number of carboxylic acids is 1. The molecular formula is C33H41ClN4O3. The lowest BCUT2D eigenvalue weighted by molar-refractivity contribution is -0.139. The van der Waals surface area contributed by atoms with Crippen molar-refractivity contribution in [1.29, 1.82) is 0 Å². The molecule has 1 aliphatic carbocycles. The molecule has 1 fully saturated rings. The van der Waals surface area contributed by atoms with Gasteiger partial charge in [-0.05, 0) is 54.2 Å². The molecule has 0 aliphatic heterocycles. The second kappa shape index (κ2) is 18.7. The molecule has 5 rings (SSSR count). The van der Waals surface area contributed by atoms with Gasteiger partial charge in [0.25, 0.3) is 0 Å². The van der Waals surface area contributed by atoms with Gasteiger partial charge in [-0.3, -0.25) is 14.8 Å². The molecule has 4 atom stereocenters. The van der Waals surface area contributed by atoms with Crippen LogP contribution in [-0.4, -0.2) is 34.3 Å². The number of aliphatic carboxylic acids is 1. The molecule has 5 N–H and O–H groups in total. The number of methoxy groups -OCH3 is 1. The minimum Gasteiger partial charge on any atom is -0.481 e. The van der Waals surface area contributed by atoms with Crippen molar-refractivity contribution in [1.82, 2.24) is 9.97 Å². The van der Waals surface area contributed by atoms with Crippen LogP contribution >= 0.6 is 12.4 Å². The van der Waals surface area contributed by atoms with Gasteiger partial charge in [-0.25, -0.2) is 0 Å². The molecule has 7 nitrogen and oxygen atoms in total. The topological polar surface area (TPSA) is 124 Å². The van der Waals surface area contributed by atoms with Crippen molar-refractivity contribution in [3.8, 4) is 0 Å². The molecule has 2 heterocycles. The third-order valence-electron chi connectivity index (χ3n) is 6.91. The van der Waals surface area contributed by atoms with Crippen LogP contribution in [0.25, 0.3) is 0 Å². The van der Waals surface area contributed by atoms with E-state index < -0.39 is 5.97 Å². The van der Waals surface area contributed by atoms with Crippen LogP contribution < -0.4 is 11.5 Å². The predicted octanol–water partition coefficient (Wildman–Crippen LogP) is 6.35. The Hall–Kier alpha value is -3.62. The van der Waals surface area contributed by atoms with Crippen molar-refractivity contribution in [2.75, 3.05) is 7.11 Å². The summed E-state index contributed by atoms with van der Waals surface area (Å²) in [5, 5.41) is 8.62. The minimum absolute atomic E-state index is 0. The van der Waals surface area contributed by atoms with Crippen molar-refractivity contribution in [3.05, 3.63) is 132 Å². The number of halogens is 1. The Morgan fingerprint density at radius 2 is 1.22 bits per heavy atom. The number of carboxylic acid groups (broad SMARTS) is 1. The SMILES string of the molecule is CO[C@H]1CCCCC1CC(=O)O.Cl.N[C@@H](c1ccccc1)c1ccccn1.N[C@@H](c1ccccc1)c1ccccn1. The van der Waals surface area contributed by atoms with E-state index in [4.69, 9.17) is 21.3 Å². The highest BCUT2D eigenvalue weighted by molar-refractivity contribution is 5.85. The molecule has 41 heavy (non-hydrogen) atoms. The molecule has 8 heteroatoms. The molecule has 218 valence electrons. The molecule has 0 spiro atoms. The molecule has 0 radical (unpaired) electrons. The van der Waals surface area contributed by atoms with E-state index in [2.05, 4.69) is 9.97 Å². The molecule has 1 saturated carbocycles. The molecule has 2 aromatic heterocycles. The maximum absolute atomic E-state index is 10.5. The first-order valence-electron chi connectivity index (χ1n) is 13.7. The summed E-state index contributed by atoms with van der Waals surface area (Å²) < 4.78 is 5.24. The van der Waals surface area contributed by atoms with E-state index in [0.717, 1.165) is 41.8 Å². The summed E-state index contributed by atoms with van der Waals surface area (Å²) in [7, 11) is 1.67. The summed E-state index contributed by atoms with van der Waals surface area (Å²) in [5.41, 5.74) is 16.1. The van der Waals surface area contributed by atoms with Crippen LogP contribution in [0.1, 0.15) is 66.7 Å². The van der Waals surface area contributed by atoms with Crippen LogP contribution in [0.5, 0.6) is 0 Å². The van der Waals surface area contributed by atoms with Crippen molar-refractivity contribution in [2.45, 2.75) is 50.3 Å². The number of nitrogens with zero attached hydrogens (tertiary/aromatic N) is 2. The van der Waals surface area contributed by atoms with E-state index in [0.29, 0.717) is 0 Å². The Bertz CT molecular complexity index is 1070. The Morgan fingerprint density at radius 3 is 1.61 bits per heavy atom. The number of ether oxygens (including phenoxy) is 1. The summed E-state index contributed by atoms with van der Waals surface area (Å²) >= 11 is 0. The molecular weight excluding hydrogens is 536 g/mol. The maximum Gasteiger partial charge on any atom is 0.303 e. The van der Waals surface area contributed by atoms with Crippen molar-refractivity contribution >= 4 is 18.4 Å². The molecule has 0 saturated heterocycles. The number of pyridine rings is 2. The largest absolute Gasteiger partial charge is 0.481 e. The summed E-state index contributed by atoms with van der Waals surface area (Å²) in [6.45, 7) is 0. The summed E-state index contributed by atoms with van der Waals surface area (Å²) in [6.07, 6.45) is 8.32. The zero-order chi connectivity index (χ0) is 28.6. The van der Waals surface area contributed by atoms with Gasteiger partial charge in [0.2, 0.25) is 0 Å². The standard InChI is InChI=1S/2C12H12N2.C9H16O3.ClH/c2*13-12(10-6-2-1-3-7-10)11-8-4-5-9-14-11;1-12-8-5-3-2-4-7(8)6-9(10)11;/h2*1-9,12H,13H2;7-8H,2-6H2,1H3,(H,10,11);1H/t2*12-;7?,8-;/m000./s1. The summed E-state index contributed by atoms with van der Waals surface area (Å²) in [6, 6.07) is 31.3. The number of hydrogen-bond donors (Lipinski definition) is 3. The smallest absolute Gasteiger partial charge is 0.303 e. The summed E-state index contributed by atoms with van der Waals surface area (Å²) in [4.78, 5) is 18.9. The van der Waals surface area contributed by atoms with Crippen LogP contribution in [0.2, 0.25) is 0 Å². The second-order valence-corrected chi connectivity index (χ2v) is 9.70. The number of nitrogens with two attached hydrogens (primary N) is 2. The van der Waals surface area contributed by atoms with E-state index >= 15 is 0 Å². The maximum atomic E-state index is 10.5. The fourth-order valence-electron chi connectivity index (χ4n) is 4.72. The van der Waals surface area contributed by atoms with Gasteiger partial charge in [0.15, 0.2) is 0 Å². The average molecular weight is 577 g/mol. The van der Waals surface area contributed by atoms with Crippen LogP contribution in [0.15, 0.2) is 109 Å². The Balaban J connectivity index is 0.000000213. The lowest BCUT2D eigenvalue weighted by Gasteiger charge is -2.29. The Labute approximate surface area is 249 Å². The van der Waals surface area contributed by atoms with E-state index in [1.165, 1.54) is 6.42 Å². The van der Waals surface area contributed by atoms with Crippen molar-refractivity contribution in [2.24, 2.45) is 17.4 Å². The third-order valence-corrected chi connectivity index (χ3v) is 6.91. The number of aromatic nitrogens is 2. The zero-order valence-corrected chi connectivity index (χ0v) is 24.3. The van der Waals surface area contributed by atoms with Crippen LogP contribution in [0.4, 0.5) is 0 Å². The number of rotatable bonds is 7. The Kier molecular flexibility index (Phi) is 15.3. The molecule has 1 aliphatic rings. The van der Waals surface area contributed by atoms with Gasteiger partial charge in [0.05, 0.1) is 36.0 Å². The van der Waals surface area contributed by atoms with E-state index in [-0.39, 0.29) is 42.9 Å². The highest BCUT2D eigenvalue weighted by atomic mass is 35.5. The van der Waals surface area contributed by atoms with Gasteiger partial charge in [-0.15, -0.1) is 12.4 Å². The lowest BCUT2D eigenvalue weighted by atomic mass is 9.84. The third kappa shape index (κ3) is 11.4.